The molecule has 1 heterocycles. The second-order valence-electron chi connectivity index (χ2n) is 5.34. The summed E-state index contributed by atoms with van der Waals surface area (Å²) in [7, 11) is 1.80. The van der Waals surface area contributed by atoms with Gasteiger partial charge in [-0.05, 0) is 12.1 Å². The zero-order valence-corrected chi connectivity index (χ0v) is 11.6. The quantitative estimate of drug-likeness (QED) is 0.768. The number of nitrogens with one attached hydrogen (secondary N) is 2. The summed E-state index contributed by atoms with van der Waals surface area (Å²) >= 11 is 0. The molecule has 3 N–H and O–H groups in total. The number of hydrogen-bond donors (Lipinski definition) is 3. The second kappa shape index (κ2) is 5.40. The van der Waals surface area contributed by atoms with E-state index in [9.17, 15) is 5.11 Å². The van der Waals surface area contributed by atoms with Crippen molar-refractivity contribution in [3.63, 3.8) is 0 Å². The highest BCUT2D eigenvalue weighted by Gasteiger charge is 2.17. The van der Waals surface area contributed by atoms with Crippen LogP contribution in [0.25, 0.3) is 10.9 Å². The fraction of sp³-hybridized carbons (Fsp3) is 0.429. The number of fused-ring (bicyclic) bond motifs is 1. The van der Waals surface area contributed by atoms with Gasteiger partial charge in [-0.2, -0.15) is 4.98 Å². The van der Waals surface area contributed by atoms with Crippen molar-refractivity contribution >= 4 is 22.7 Å². The molecule has 0 radical (unpaired) electrons. The maximum atomic E-state index is 9.30. The van der Waals surface area contributed by atoms with Crippen molar-refractivity contribution in [3.05, 3.63) is 24.3 Å². The molecule has 2 rings (SSSR count). The Morgan fingerprint density at radius 2 is 1.95 bits per heavy atom. The van der Waals surface area contributed by atoms with Gasteiger partial charge in [0, 0.05) is 31.0 Å². The molecule has 0 spiro atoms. The number of aliphatic hydroxyl groups excluding tert-OH is 1. The lowest BCUT2D eigenvalue weighted by Crippen LogP contribution is -2.27. The van der Waals surface area contributed by atoms with Crippen molar-refractivity contribution in [2.75, 3.05) is 30.8 Å². The van der Waals surface area contributed by atoms with Crippen molar-refractivity contribution in [2.45, 2.75) is 13.8 Å². The Bertz CT molecular complexity index is 568. The van der Waals surface area contributed by atoms with E-state index in [0.717, 1.165) is 16.7 Å². The van der Waals surface area contributed by atoms with Crippen LogP contribution in [0.15, 0.2) is 24.3 Å². The predicted molar refractivity (Wildman–Crippen MR) is 78.4 cm³/mol. The van der Waals surface area contributed by atoms with Gasteiger partial charge in [0.1, 0.15) is 5.82 Å². The van der Waals surface area contributed by atoms with Crippen LogP contribution in [-0.2, 0) is 0 Å². The summed E-state index contributed by atoms with van der Waals surface area (Å²) in [5.74, 6) is 1.37. The first kappa shape index (κ1) is 13.5. The van der Waals surface area contributed by atoms with Gasteiger partial charge in [0.15, 0.2) is 0 Å². The summed E-state index contributed by atoms with van der Waals surface area (Å²) < 4.78 is 0. The SMILES string of the molecule is CNc1nc(NCC(C)(C)CO)c2ccccc2n1. The summed E-state index contributed by atoms with van der Waals surface area (Å²) in [6.45, 7) is 4.78. The highest BCUT2D eigenvalue weighted by molar-refractivity contribution is 5.89. The van der Waals surface area contributed by atoms with E-state index < -0.39 is 0 Å². The van der Waals surface area contributed by atoms with Crippen molar-refractivity contribution in [2.24, 2.45) is 5.41 Å². The van der Waals surface area contributed by atoms with Gasteiger partial charge in [-0.3, -0.25) is 0 Å². The highest BCUT2D eigenvalue weighted by atomic mass is 16.3. The number of rotatable bonds is 5. The lowest BCUT2D eigenvalue weighted by Gasteiger charge is -2.22. The van der Waals surface area contributed by atoms with Crippen molar-refractivity contribution in [1.29, 1.82) is 0 Å². The third-order valence-electron chi connectivity index (χ3n) is 2.99. The van der Waals surface area contributed by atoms with E-state index in [1.165, 1.54) is 0 Å². The molecule has 0 saturated carbocycles. The van der Waals surface area contributed by atoms with E-state index in [-0.39, 0.29) is 12.0 Å². The van der Waals surface area contributed by atoms with Gasteiger partial charge in [-0.25, -0.2) is 4.98 Å². The van der Waals surface area contributed by atoms with Gasteiger partial charge in [0.2, 0.25) is 5.95 Å². The van der Waals surface area contributed by atoms with Gasteiger partial charge >= 0.3 is 0 Å². The molecule has 0 amide bonds. The molecule has 0 aliphatic rings. The number of hydrogen-bond acceptors (Lipinski definition) is 5. The molecule has 102 valence electrons. The fourth-order valence-electron chi connectivity index (χ4n) is 1.70. The van der Waals surface area contributed by atoms with Gasteiger partial charge in [0.05, 0.1) is 5.52 Å². The molecule has 1 aromatic heterocycles. The van der Waals surface area contributed by atoms with Gasteiger partial charge in [-0.15, -0.1) is 0 Å². The van der Waals surface area contributed by atoms with Crippen LogP contribution in [0.5, 0.6) is 0 Å². The molecule has 5 nitrogen and oxygen atoms in total. The van der Waals surface area contributed by atoms with Crippen LogP contribution in [0.4, 0.5) is 11.8 Å². The molecular formula is C14H20N4O. The molecule has 1 aromatic carbocycles. The van der Waals surface area contributed by atoms with Crippen molar-refractivity contribution < 1.29 is 5.11 Å². The van der Waals surface area contributed by atoms with Gasteiger partial charge in [0.25, 0.3) is 0 Å². The highest BCUT2D eigenvalue weighted by Crippen LogP contribution is 2.23. The van der Waals surface area contributed by atoms with Crippen LogP contribution >= 0.6 is 0 Å². The molecule has 0 aliphatic heterocycles. The van der Waals surface area contributed by atoms with E-state index in [1.54, 1.807) is 7.05 Å². The molecular weight excluding hydrogens is 240 g/mol. The van der Waals surface area contributed by atoms with E-state index in [2.05, 4.69) is 20.6 Å². The molecule has 0 atom stereocenters. The minimum absolute atomic E-state index is 0.127. The minimum Gasteiger partial charge on any atom is -0.396 e. The molecule has 5 heteroatoms. The normalized spacial score (nSPS) is 11.6. The lowest BCUT2D eigenvalue weighted by atomic mass is 9.95. The molecule has 19 heavy (non-hydrogen) atoms. The van der Waals surface area contributed by atoms with Gasteiger partial charge < -0.3 is 15.7 Å². The first-order valence-electron chi connectivity index (χ1n) is 6.35. The smallest absolute Gasteiger partial charge is 0.224 e. The monoisotopic (exact) mass is 260 g/mol. The number of nitrogens with zero attached hydrogens (tertiary/aromatic N) is 2. The fourth-order valence-corrected chi connectivity index (χ4v) is 1.70. The van der Waals surface area contributed by atoms with Crippen molar-refractivity contribution in [1.82, 2.24) is 9.97 Å². The molecule has 0 aliphatic carbocycles. The van der Waals surface area contributed by atoms with Crippen LogP contribution < -0.4 is 10.6 Å². The van der Waals surface area contributed by atoms with Crippen molar-refractivity contribution in [3.8, 4) is 0 Å². The standard InChI is InChI=1S/C14H20N4O/c1-14(2,9-19)8-16-12-10-6-4-5-7-11(10)17-13(15-3)18-12/h4-7,19H,8-9H2,1-3H3,(H2,15,16,17,18). The summed E-state index contributed by atoms with van der Waals surface area (Å²) in [4.78, 5) is 8.85. The Morgan fingerprint density at radius 3 is 2.63 bits per heavy atom. The molecule has 0 unspecified atom stereocenters. The van der Waals surface area contributed by atoms with Crippen LogP contribution in [0.3, 0.4) is 0 Å². The van der Waals surface area contributed by atoms with Crippen LogP contribution in [0.2, 0.25) is 0 Å². The van der Waals surface area contributed by atoms with E-state index in [0.29, 0.717) is 12.5 Å². The number of para-hydroxylation sites is 1. The Hall–Kier alpha value is -1.88. The zero-order valence-electron chi connectivity index (χ0n) is 11.6. The lowest BCUT2D eigenvalue weighted by molar-refractivity contribution is 0.171. The Labute approximate surface area is 113 Å². The summed E-state index contributed by atoms with van der Waals surface area (Å²) in [5.41, 5.74) is 0.706. The zero-order chi connectivity index (χ0) is 13.9. The Morgan fingerprint density at radius 1 is 1.21 bits per heavy atom. The van der Waals surface area contributed by atoms with Crippen LogP contribution in [0.1, 0.15) is 13.8 Å². The largest absolute Gasteiger partial charge is 0.396 e. The maximum Gasteiger partial charge on any atom is 0.224 e. The first-order chi connectivity index (χ1) is 9.05. The number of anilines is 2. The second-order valence-corrected chi connectivity index (χ2v) is 5.34. The van der Waals surface area contributed by atoms with E-state index in [1.807, 2.05) is 38.1 Å². The third kappa shape index (κ3) is 3.12. The first-order valence-corrected chi connectivity index (χ1v) is 6.35. The summed E-state index contributed by atoms with van der Waals surface area (Å²) in [6.07, 6.45) is 0. The topological polar surface area (TPSA) is 70.1 Å². The Kier molecular flexibility index (Phi) is 3.85. The molecule has 0 fully saturated rings. The maximum absolute atomic E-state index is 9.30. The van der Waals surface area contributed by atoms with E-state index in [4.69, 9.17) is 0 Å². The van der Waals surface area contributed by atoms with Crippen LogP contribution in [-0.4, -0.2) is 35.3 Å². The number of aromatic nitrogens is 2. The minimum atomic E-state index is -0.189. The third-order valence-corrected chi connectivity index (χ3v) is 2.99. The average molecular weight is 260 g/mol. The molecule has 0 saturated heterocycles. The Balaban J connectivity index is 2.35. The molecule has 0 bridgehead atoms. The average Bonchev–Trinajstić information content (AvgIpc) is 2.44. The number of aliphatic hydroxyl groups is 1. The number of benzene rings is 1. The summed E-state index contributed by atoms with van der Waals surface area (Å²) in [6, 6.07) is 7.87. The van der Waals surface area contributed by atoms with Gasteiger partial charge in [-0.1, -0.05) is 26.0 Å². The predicted octanol–water partition coefficient (Wildman–Crippen LogP) is 2.10. The molecule has 2 aromatic rings. The van der Waals surface area contributed by atoms with Crippen LogP contribution in [0, 0.1) is 5.41 Å². The van der Waals surface area contributed by atoms with E-state index >= 15 is 0 Å². The summed E-state index contributed by atoms with van der Waals surface area (Å²) in [5, 5.41) is 16.5.